The van der Waals surface area contributed by atoms with Crippen molar-refractivity contribution in [2.75, 3.05) is 0 Å². The fourth-order valence-electron chi connectivity index (χ4n) is 3.50. The average molecular weight is 268 g/mol. The maximum atomic E-state index is 11.4. The molecule has 1 N–H and O–H groups in total. The van der Waals surface area contributed by atoms with Gasteiger partial charge in [0.25, 0.3) is 0 Å². The van der Waals surface area contributed by atoms with E-state index in [1.807, 2.05) is 13.8 Å². The fraction of sp³-hybridized carbons (Fsp3) is 0.389. The van der Waals surface area contributed by atoms with E-state index >= 15 is 0 Å². The first-order valence-electron chi connectivity index (χ1n) is 7.17. The molecule has 0 fully saturated rings. The number of carboxylic acids is 1. The lowest BCUT2D eigenvalue weighted by molar-refractivity contribution is -0.147. The minimum atomic E-state index is -0.715. The molecule has 0 aliphatic heterocycles. The van der Waals surface area contributed by atoms with E-state index < -0.39 is 11.4 Å². The zero-order valence-corrected chi connectivity index (χ0v) is 12.2. The van der Waals surface area contributed by atoms with Gasteiger partial charge in [-0.2, -0.15) is 0 Å². The van der Waals surface area contributed by atoms with Crippen LogP contribution in [0.15, 0.2) is 36.4 Å². The predicted octanol–water partition coefficient (Wildman–Crippen LogP) is 4.54. The van der Waals surface area contributed by atoms with Crippen molar-refractivity contribution in [1.82, 2.24) is 0 Å². The van der Waals surface area contributed by atoms with Gasteiger partial charge in [0.15, 0.2) is 0 Å². The van der Waals surface area contributed by atoms with Crippen molar-refractivity contribution < 1.29 is 9.90 Å². The van der Waals surface area contributed by atoms with E-state index in [4.69, 9.17) is 0 Å². The zero-order valence-electron chi connectivity index (χ0n) is 12.2. The maximum Gasteiger partial charge on any atom is 0.309 e. The quantitative estimate of drug-likeness (QED) is 0.887. The molecule has 2 nitrogen and oxygen atoms in total. The molecule has 2 aromatic rings. The summed E-state index contributed by atoms with van der Waals surface area (Å²) in [7, 11) is 0. The van der Waals surface area contributed by atoms with Crippen LogP contribution >= 0.6 is 0 Å². The molecule has 0 amide bonds. The third kappa shape index (κ3) is 1.82. The number of rotatable bonds is 3. The number of carbonyl (C=O) groups is 1. The first kappa shape index (κ1) is 13.2. The molecule has 2 heteroatoms. The van der Waals surface area contributed by atoms with Crippen molar-refractivity contribution in [2.24, 2.45) is 5.41 Å². The highest BCUT2D eigenvalue weighted by Gasteiger charge is 2.38. The summed E-state index contributed by atoms with van der Waals surface area (Å²) >= 11 is 0. The summed E-state index contributed by atoms with van der Waals surface area (Å²) in [5.41, 5.74) is 1.99. The molecular weight excluding hydrogens is 248 g/mol. The van der Waals surface area contributed by atoms with Crippen molar-refractivity contribution in [3.63, 3.8) is 0 Å². The highest BCUT2D eigenvalue weighted by Crippen LogP contribution is 2.50. The second kappa shape index (κ2) is 4.34. The summed E-state index contributed by atoms with van der Waals surface area (Å²) in [5, 5.41) is 12.0. The number of hydrogen-bond acceptors (Lipinski definition) is 1. The molecule has 0 spiro atoms. The Morgan fingerprint density at radius 1 is 1.15 bits per heavy atom. The number of carboxylic acid groups (broad SMARTS) is 1. The molecule has 1 aliphatic carbocycles. The lowest BCUT2D eigenvalue weighted by atomic mass is 9.77. The van der Waals surface area contributed by atoms with E-state index in [9.17, 15) is 9.90 Å². The van der Waals surface area contributed by atoms with E-state index in [0.29, 0.717) is 18.3 Å². The standard InChI is InChI=1S/C18H20O2/c1-11-13-8-4-6-12-7-5-9-14(16(12)13)15(11)10-18(2,3)17(19)20/h4-9,11,15H,10H2,1-3H3,(H,19,20). The SMILES string of the molecule is CC1c2cccc3cccc(c23)C1CC(C)(C)C(=O)O. The molecule has 0 saturated heterocycles. The summed E-state index contributed by atoms with van der Waals surface area (Å²) in [5.74, 6) is -0.0373. The maximum absolute atomic E-state index is 11.4. The van der Waals surface area contributed by atoms with Crippen molar-refractivity contribution in [3.8, 4) is 0 Å². The highest BCUT2D eigenvalue weighted by atomic mass is 16.4. The summed E-state index contributed by atoms with van der Waals surface area (Å²) < 4.78 is 0. The summed E-state index contributed by atoms with van der Waals surface area (Å²) in [4.78, 5) is 11.4. The van der Waals surface area contributed by atoms with Crippen LogP contribution < -0.4 is 0 Å². The lowest BCUT2D eigenvalue weighted by Crippen LogP contribution is -2.26. The van der Waals surface area contributed by atoms with Crippen LogP contribution in [0.3, 0.4) is 0 Å². The Morgan fingerprint density at radius 2 is 1.75 bits per heavy atom. The van der Waals surface area contributed by atoms with Crippen LogP contribution in [0.25, 0.3) is 10.8 Å². The van der Waals surface area contributed by atoms with Crippen LogP contribution in [0.2, 0.25) is 0 Å². The Labute approximate surface area is 119 Å². The van der Waals surface area contributed by atoms with Crippen LogP contribution in [0.5, 0.6) is 0 Å². The van der Waals surface area contributed by atoms with E-state index in [1.165, 1.54) is 21.9 Å². The summed E-state index contributed by atoms with van der Waals surface area (Å²) in [6.07, 6.45) is 0.678. The Hall–Kier alpha value is -1.83. The largest absolute Gasteiger partial charge is 0.481 e. The highest BCUT2D eigenvalue weighted by molar-refractivity contribution is 5.92. The fourth-order valence-corrected chi connectivity index (χ4v) is 3.50. The Balaban J connectivity index is 2.09. The van der Waals surface area contributed by atoms with Crippen LogP contribution in [0.4, 0.5) is 0 Å². The Bertz CT molecular complexity index is 680. The topological polar surface area (TPSA) is 37.3 Å². The minimum Gasteiger partial charge on any atom is -0.481 e. The molecule has 20 heavy (non-hydrogen) atoms. The Kier molecular flexibility index (Phi) is 2.86. The third-order valence-electron chi connectivity index (χ3n) is 4.77. The molecule has 2 atom stereocenters. The molecule has 2 aromatic carbocycles. The van der Waals surface area contributed by atoms with Gasteiger partial charge in [0, 0.05) is 0 Å². The molecule has 0 saturated carbocycles. The van der Waals surface area contributed by atoms with Gasteiger partial charge in [-0.15, -0.1) is 0 Å². The van der Waals surface area contributed by atoms with Gasteiger partial charge in [-0.25, -0.2) is 0 Å². The third-order valence-corrected chi connectivity index (χ3v) is 4.77. The van der Waals surface area contributed by atoms with Crippen molar-refractivity contribution in [3.05, 3.63) is 47.5 Å². The molecule has 1 aliphatic rings. The number of benzene rings is 2. The minimum absolute atomic E-state index is 0.294. The molecule has 0 bridgehead atoms. The van der Waals surface area contributed by atoms with Gasteiger partial charge >= 0.3 is 5.97 Å². The molecule has 0 radical (unpaired) electrons. The average Bonchev–Trinajstić information content (AvgIpc) is 2.67. The Morgan fingerprint density at radius 3 is 2.35 bits per heavy atom. The van der Waals surface area contributed by atoms with Gasteiger partial charge in [0.05, 0.1) is 5.41 Å². The van der Waals surface area contributed by atoms with Gasteiger partial charge < -0.3 is 5.11 Å². The van der Waals surface area contributed by atoms with Gasteiger partial charge in [-0.05, 0) is 54.0 Å². The predicted molar refractivity (Wildman–Crippen MR) is 81.1 cm³/mol. The lowest BCUT2D eigenvalue weighted by Gasteiger charge is -2.27. The first-order chi connectivity index (χ1) is 9.42. The smallest absolute Gasteiger partial charge is 0.309 e. The molecule has 0 heterocycles. The molecule has 104 valence electrons. The first-order valence-corrected chi connectivity index (χ1v) is 7.17. The monoisotopic (exact) mass is 268 g/mol. The molecule has 2 unspecified atom stereocenters. The van der Waals surface area contributed by atoms with E-state index in [1.54, 1.807) is 0 Å². The second-order valence-corrected chi connectivity index (χ2v) is 6.58. The summed E-state index contributed by atoms with van der Waals surface area (Å²) in [6.45, 7) is 5.87. The molecule has 3 rings (SSSR count). The zero-order chi connectivity index (χ0) is 14.5. The number of hydrogen-bond donors (Lipinski definition) is 1. The van der Waals surface area contributed by atoms with E-state index in [0.717, 1.165) is 0 Å². The second-order valence-electron chi connectivity index (χ2n) is 6.58. The van der Waals surface area contributed by atoms with E-state index in [2.05, 4.69) is 43.3 Å². The van der Waals surface area contributed by atoms with Crippen molar-refractivity contribution in [1.29, 1.82) is 0 Å². The normalized spacial score (nSPS) is 21.4. The van der Waals surface area contributed by atoms with E-state index in [-0.39, 0.29) is 0 Å². The van der Waals surface area contributed by atoms with Crippen LogP contribution in [-0.4, -0.2) is 11.1 Å². The van der Waals surface area contributed by atoms with Gasteiger partial charge in [-0.3, -0.25) is 4.79 Å². The van der Waals surface area contributed by atoms with Crippen LogP contribution in [-0.2, 0) is 4.79 Å². The van der Waals surface area contributed by atoms with Crippen LogP contribution in [0, 0.1) is 5.41 Å². The van der Waals surface area contributed by atoms with Gasteiger partial charge in [0.1, 0.15) is 0 Å². The van der Waals surface area contributed by atoms with Crippen molar-refractivity contribution in [2.45, 2.75) is 39.0 Å². The molecule has 0 aromatic heterocycles. The van der Waals surface area contributed by atoms with Crippen molar-refractivity contribution >= 4 is 16.7 Å². The number of aliphatic carboxylic acids is 1. The van der Waals surface area contributed by atoms with Crippen LogP contribution in [0.1, 0.15) is 50.2 Å². The summed E-state index contributed by atoms with van der Waals surface area (Å²) in [6, 6.07) is 12.8. The molecular formula is C18H20O2. The van der Waals surface area contributed by atoms with Gasteiger partial charge in [-0.1, -0.05) is 43.3 Å². The van der Waals surface area contributed by atoms with Gasteiger partial charge in [0.2, 0.25) is 0 Å².